The topological polar surface area (TPSA) is 23.8 Å². The Balaban J connectivity index is 3.21. The molecule has 0 N–H and O–H groups in total. The molecule has 0 amide bonds. The summed E-state index contributed by atoms with van der Waals surface area (Å²) in [6.45, 7) is 4.14. The van der Waals surface area contributed by atoms with Crippen molar-refractivity contribution >= 4 is 16.6 Å². The first-order valence-electron chi connectivity index (χ1n) is 5.61. The van der Waals surface area contributed by atoms with Gasteiger partial charge in [0, 0.05) is 5.57 Å². The van der Waals surface area contributed by atoms with Crippen molar-refractivity contribution in [3.05, 3.63) is 41.0 Å². The van der Waals surface area contributed by atoms with Crippen molar-refractivity contribution in [3.8, 4) is 6.07 Å². The van der Waals surface area contributed by atoms with E-state index in [-0.39, 0.29) is 0 Å². The largest absolute Gasteiger partial charge is 0.193 e. The number of nitriles is 1. The number of halogens is 1. The van der Waals surface area contributed by atoms with E-state index >= 15 is 0 Å². The fraction of sp³-hybridized carbons (Fsp3) is 0.357. The average Bonchev–Trinajstić information content (AvgIpc) is 2.35. The Kier molecular flexibility index (Phi) is 5.08. The van der Waals surface area contributed by atoms with Crippen molar-refractivity contribution in [2.24, 2.45) is 0 Å². The standard InChI is InChI=1S/C14H16ClN/c1-3-7-12(10-16)14(15)13-9-6-5-8-11(13)4-2/h5-6,8-9H,3-4,7H2,1-2H3/b14-12-. The van der Waals surface area contributed by atoms with Crippen LogP contribution < -0.4 is 0 Å². The van der Waals surface area contributed by atoms with E-state index in [0.29, 0.717) is 10.6 Å². The van der Waals surface area contributed by atoms with Gasteiger partial charge in [0.2, 0.25) is 0 Å². The van der Waals surface area contributed by atoms with Crippen LogP contribution in [0.1, 0.15) is 37.8 Å². The molecule has 0 spiro atoms. The van der Waals surface area contributed by atoms with Crippen molar-refractivity contribution in [2.75, 3.05) is 0 Å². The lowest BCUT2D eigenvalue weighted by atomic mass is 10.0. The molecule has 0 aromatic heterocycles. The molecule has 1 rings (SSSR count). The summed E-state index contributed by atoms with van der Waals surface area (Å²) in [6.07, 6.45) is 2.61. The minimum atomic E-state index is 0.613. The summed E-state index contributed by atoms with van der Waals surface area (Å²) < 4.78 is 0. The number of hydrogen-bond acceptors (Lipinski definition) is 1. The molecule has 1 aromatic carbocycles. The van der Waals surface area contributed by atoms with Crippen molar-refractivity contribution in [1.29, 1.82) is 5.26 Å². The summed E-state index contributed by atoms with van der Waals surface area (Å²) in [6, 6.07) is 10.2. The van der Waals surface area contributed by atoms with Crippen molar-refractivity contribution in [3.63, 3.8) is 0 Å². The molecular formula is C14H16ClN. The van der Waals surface area contributed by atoms with Crippen molar-refractivity contribution in [1.82, 2.24) is 0 Å². The molecule has 16 heavy (non-hydrogen) atoms. The molecular weight excluding hydrogens is 218 g/mol. The van der Waals surface area contributed by atoms with Crippen molar-refractivity contribution in [2.45, 2.75) is 33.1 Å². The zero-order valence-electron chi connectivity index (χ0n) is 9.76. The van der Waals surface area contributed by atoms with Crippen LogP contribution in [0, 0.1) is 11.3 Å². The van der Waals surface area contributed by atoms with Gasteiger partial charge in [-0.1, -0.05) is 56.1 Å². The van der Waals surface area contributed by atoms with Crippen LogP contribution in [0.3, 0.4) is 0 Å². The van der Waals surface area contributed by atoms with E-state index in [1.165, 1.54) is 5.56 Å². The number of allylic oxidation sites excluding steroid dienone is 1. The predicted molar refractivity (Wildman–Crippen MR) is 69.1 cm³/mol. The summed E-state index contributed by atoms with van der Waals surface area (Å²) in [7, 11) is 0. The Hall–Kier alpha value is -1.26. The Morgan fingerprint density at radius 1 is 1.31 bits per heavy atom. The van der Waals surface area contributed by atoms with E-state index in [0.717, 1.165) is 24.8 Å². The molecule has 0 radical (unpaired) electrons. The van der Waals surface area contributed by atoms with E-state index in [1.807, 2.05) is 25.1 Å². The fourth-order valence-corrected chi connectivity index (χ4v) is 1.99. The molecule has 0 atom stereocenters. The first-order valence-corrected chi connectivity index (χ1v) is 5.99. The molecule has 0 heterocycles. The molecule has 1 nitrogen and oxygen atoms in total. The van der Waals surface area contributed by atoms with Crippen LogP contribution in [0.25, 0.3) is 5.03 Å². The van der Waals surface area contributed by atoms with Crippen LogP contribution in [0.2, 0.25) is 0 Å². The lowest BCUT2D eigenvalue weighted by Crippen LogP contribution is -1.91. The third-order valence-corrected chi connectivity index (χ3v) is 2.97. The first kappa shape index (κ1) is 12.8. The highest BCUT2D eigenvalue weighted by molar-refractivity contribution is 6.49. The zero-order chi connectivity index (χ0) is 12.0. The summed E-state index contributed by atoms with van der Waals surface area (Å²) in [5, 5.41) is 9.67. The van der Waals surface area contributed by atoms with E-state index < -0.39 is 0 Å². The maximum absolute atomic E-state index is 9.06. The predicted octanol–water partition coefficient (Wildman–Crippen LogP) is 4.52. The molecule has 0 saturated carbocycles. The van der Waals surface area contributed by atoms with Gasteiger partial charge in [0.1, 0.15) is 0 Å². The number of aryl methyl sites for hydroxylation is 1. The third-order valence-electron chi connectivity index (χ3n) is 2.53. The van der Waals surface area contributed by atoms with Gasteiger partial charge in [-0.05, 0) is 24.0 Å². The van der Waals surface area contributed by atoms with E-state index in [9.17, 15) is 0 Å². The highest BCUT2D eigenvalue weighted by atomic mass is 35.5. The average molecular weight is 234 g/mol. The molecule has 0 aliphatic carbocycles. The minimum Gasteiger partial charge on any atom is -0.193 e. The van der Waals surface area contributed by atoms with E-state index in [1.54, 1.807) is 0 Å². The van der Waals surface area contributed by atoms with Crippen LogP contribution in [-0.2, 0) is 6.42 Å². The van der Waals surface area contributed by atoms with Crippen LogP contribution in [0.4, 0.5) is 0 Å². The Labute approximate surface area is 102 Å². The van der Waals surface area contributed by atoms with Gasteiger partial charge in [0.05, 0.1) is 11.1 Å². The number of hydrogen-bond donors (Lipinski definition) is 0. The maximum atomic E-state index is 9.06. The lowest BCUT2D eigenvalue weighted by Gasteiger charge is -2.08. The van der Waals surface area contributed by atoms with E-state index in [4.69, 9.17) is 16.9 Å². The van der Waals surface area contributed by atoms with Gasteiger partial charge in [-0.2, -0.15) is 5.26 Å². The van der Waals surface area contributed by atoms with Gasteiger partial charge in [-0.15, -0.1) is 0 Å². The van der Waals surface area contributed by atoms with Crippen LogP contribution >= 0.6 is 11.6 Å². The minimum absolute atomic E-state index is 0.613. The summed E-state index contributed by atoms with van der Waals surface area (Å²) >= 11 is 6.29. The molecule has 2 heteroatoms. The summed E-state index contributed by atoms with van der Waals surface area (Å²) in [5.74, 6) is 0. The smallest absolute Gasteiger partial charge is 0.0962 e. The Morgan fingerprint density at radius 2 is 2.00 bits per heavy atom. The van der Waals surface area contributed by atoms with Gasteiger partial charge in [0.15, 0.2) is 0 Å². The van der Waals surface area contributed by atoms with Gasteiger partial charge in [-0.25, -0.2) is 0 Å². The van der Waals surface area contributed by atoms with Crippen LogP contribution in [0.15, 0.2) is 29.8 Å². The molecule has 0 saturated heterocycles. The van der Waals surface area contributed by atoms with E-state index in [2.05, 4.69) is 19.1 Å². The quantitative estimate of drug-likeness (QED) is 0.702. The first-order chi connectivity index (χ1) is 7.74. The third kappa shape index (κ3) is 2.87. The van der Waals surface area contributed by atoms with Crippen LogP contribution in [-0.4, -0.2) is 0 Å². The second-order valence-corrected chi connectivity index (χ2v) is 4.04. The molecule has 0 aliphatic rings. The summed E-state index contributed by atoms with van der Waals surface area (Å²) in [4.78, 5) is 0. The highest BCUT2D eigenvalue weighted by Crippen LogP contribution is 2.28. The number of nitrogens with zero attached hydrogens (tertiary/aromatic N) is 1. The van der Waals surface area contributed by atoms with Gasteiger partial charge in [-0.3, -0.25) is 0 Å². The SMILES string of the molecule is CCC/C(C#N)=C(/Cl)c1ccccc1CC. The molecule has 1 aromatic rings. The highest BCUT2D eigenvalue weighted by Gasteiger charge is 2.09. The number of benzene rings is 1. The van der Waals surface area contributed by atoms with Gasteiger partial charge >= 0.3 is 0 Å². The lowest BCUT2D eigenvalue weighted by molar-refractivity contribution is 0.932. The van der Waals surface area contributed by atoms with Gasteiger partial charge in [0.25, 0.3) is 0 Å². The second kappa shape index (κ2) is 6.35. The van der Waals surface area contributed by atoms with Crippen LogP contribution in [0.5, 0.6) is 0 Å². The number of rotatable bonds is 4. The molecule has 0 bridgehead atoms. The summed E-state index contributed by atoms with van der Waals surface area (Å²) in [5.41, 5.74) is 2.87. The van der Waals surface area contributed by atoms with Gasteiger partial charge < -0.3 is 0 Å². The molecule has 0 aliphatic heterocycles. The molecule has 0 unspecified atom stereocenters. The fourth-order valence-electron chi connectivity index (χ4n) is 1.67. The molecule has 84 valence electrons. The second-order valence-electron chi connectivity index (χ2n) is 3.67. The Morgan fingerprint density at radius 3 is 2.56 bits per heavy atom. The normalized spacial score (nSPS) is 11.9. The Bertz CT molecular complexity index is 427. The monoisotopic (exact) mass is 233 g/mol. The molecule has 0 fully saturated rings. The van der Waals surface area contributed by atoms with Crippen molar-refractivity contribution < 1.29 is 0 Å². The zero-order valence-corrected chi connectivity index (χ0v) is 10.5. The maximum Gasteiger partial charge on any atom is 0.0962 e.